The van der Waals surface area contributed by atoms with E-state index in [0.717, 1.165) is 5.69 Å². The number of hydrogen-bond acceptors (Lipinski definition) is 2. The van der Waals surface area contributed by atoms with Crippen LogP contribution < -0.4 is 5.32 Å². The van der Waals surface area contributed by atoms with Crippen molar-refractivity contribution in [1.29, 1.82) is 0 Å². The maximum absolute atomic E-state index is 13.4. The number of nitrogens with one attached hydrogen (secondary N) is 1. The Hall–Kier alpha value is -1.48. The van der Waals surface area contributed by atoms with Gasteiger partial charge in [0.05, 0.1) is 0 Å². The molecule has 2 rings (SSSR count). The predicted octanol–water partition coefficient (Wildman–Crippen LogP) is 4.16. The van der Waals surface area contributed by atoms with Gasteiger partial charge in [-0.15, -0.1) is 11.8 Å². The molecular weight excluding hydrogens is 233 g/mol. The number of benzene rings is 2. The molecule has 2 aromatic rings. The smallest absolute Gasteiger partial charge is 0.128 e. The second kappa shape index (κ2) is 5.73. The van der Waals surface area contributed by atoms with Crippen molar-refractivity contribution in [2.24, 2.45) is 0 Å². The lowest BCUT2D eigenvalue weighted by Crippen LogP contribution is -2.01. The quantitative estimate of drug-likeness (QED) is 0.814. The summed E-state index contributed by atoms with van der Waals surface area (Å²) in [6.45, 7) is 0.505. The summed E-state index contributed by atoms with van der Waals surface area (Å²) in [6.07, 6.45) is 2.04. The molecule has 2 aromatic carbocycles. The van der Waals surface area contributed by atoms with E-state index in [0.29, 0.717) is 12.1 Å². The number of halogens is 1. The molecule has 0 amide bonds. The van der Waals surface area contributed by atoms with Crippen LogP contribution in [-0.4, -0.2) is 6.26 Å². The van der Waals surface area contributed by atoms with Crippen molar-refractivity contribution in [1.82, 2.24) is 0 Å². The van der Waals surface area contributed by atoms with Gasteiger partial charge in [-0.05, 0) is 36.6 Å². The Kier molecular flexibility index (Phi) is 4.04. The lowest BCUT2D eigenvalue weighted by molar-refractivity contribution is 0.613. The van der Waals surface area contributed by atoms with Crippen LogP contribution in [0.2, 0.25) is 0 Å². The van der Waals surface area contributed by atoms with Gasteiger partial charge in [-0.2, -0.15) is 0 Å². The van der Waals surface area contributed by atoms with Crippen molar-refractivity contribution in [3.8, 4) is 0 Å². The summed E-state index contributed by atoms with van der Waals surface area (Å²) in [5, 5.41) is 3.20. The van der Waals surface area contributed by atoms with E-state index in [9.17, 15) is 4.39 Å². The fourth-order valence-corrected chi connectivity index (χ4v) is 1.96. The van der Waals surface area contributed by atoms with Crippen LogP contribution in [-0.2, 0) is 6.54 Å². The van der Waals surface area contributed by atoms with E-state index < -0.39 is 0 Å². The molecule has 1 N–H and O–H groups in total. The zero-order chi connectivity index (χ0) is 12.1. The van der Waals surface area contributed by atoms with Crippen LogP contribution in [0.3, 0.4) is 0 Å². The Labute approximate surface area is 105 Å². The van der Waals surface area contributed by atoms with Gasteiger partial charge in [0.15, 0.2) is 0 Å². The number of hydrogen-bond donors (Lipinski definition) is 1. The molecule has 0 saturated carbocycles. The molecule has 0 unspecified atom stereocenters. The monoisotopic (exact) mass is 247 g/mol. The first-order valence-electron chi connectivity index (χ1n) is 5.41. The molecule has 0 saturated heterocycles. The van der Waals surface area contributed by atoms with Crippen LogP contribution in [0.5, 0.6) is 0 Å². The third-order valence-corrected chi connectivity index (χ3v) is 3.27. The van der Waals surface area contributed by atoms with E-state index in [1.807, 2.05) is 36.6 Å². The second-order valence-corrected chi connectivity index (χ2v) is 4.55. The van der Waals surface area contributed by atoms with Gasteiger partial charge in [0.25, 0.3) is 0 Å². The molecule has 0 aliphatic carbocycles. The zero-order valence-corrected chi connectivity index (χ0v) is 10.4. The lowest BCUT2D eigenvalue weighted by atomic mass is 10.2. The van der Waals surface area contributed by atoms with Crippen LogP contribution in [0.1, 0.15) is 5.56 Å². The molecule has 0 aromatic heterocycles. The summed E-state index contributed by atoms with van der Waals surface area (Å²) in [7, 11) is 0. The van der Waals surface area contributed by atoms with Crippen LogP contribution in [0.15, 0.2) is 53.4 Å². The number of thioether (sulfide) groups is 1. The van der Waals surface area contributed by atoms with Gasteiger partial charge in [-0.1, -0.05) is 18.2 Å². The van der Waals surface area contributed by atoms with E-state index in [4.69, 9.17) is 0 Å². The van der Waals surface area contributed by atoms with Gasteiger partial charge in [-0.3, -0.25) is 0 Å². The van der Waals surface area contributed by atoms with Crippen molar-refractivity contribution >= 4 is 17.4 Å². The molecule has 0 aliphatic heterocycles. The summed E-state index contributed by atoms with van der Waals surface area (Å²) in [5.74, 6) is -0.166. The molecule has 0 radical (unpaired) electrons. The van der Waals surface area contributed by atoms with Crippen LogP contribution in [0.4, 0.5) is 10.1 Å². The molecule has 88 valence electrons. The average Bonchev–Trinajstić information content (AvgIpc) is 2.38. The minimum absolute atomic E-state index is 0.166. The first-order valence-corrected chi connectivity index (χ1v) is 6.63. The van der Waals surface area contributed by atoms with Crippen LogP contribution in [0.25, 0.3) is 0 Å². The van der Waals surface area contributed by atoms with Crippen molar-refractivity contribution in [3.05, 3.63) is 59.9 Å². The molecular formula is C14H14FNS. The summed E-state index contributed by atoms with van der Waals surface area (Å²) < 4.78 is 13.4. The number of anilines is 1. The Morgan fingerprint density at radius 2 is 1.76 bits per heavy atom. The van der Waals surface area contributed by atoms with Gasteiger partial charge in [0, 0.05) is 22.7 Å². The molecule has 0 heterocycles. The lowest BCUT2D eigenvalue weighted by Gasteiger charge is -2.07. The minimum atomic E-state index is -0.166. The topological polar surface area (TPSA) is 12.0 Å². The third-order valence-electron chi connectivity index (χ3n) is 2.53. The standard InChI is InChI=1S/C14H14FNS/c1-17-13-8-6-12(7-9-13)16-10-11-4-2-3-5-14(11)15/h2-9,16H,10H2,1H3. The highest BCUT2D eigenvalue weighted by Gasteiger charge is 2.00. The maximum Gasteiger partial charge on any atom is 0.128 e. The number of rotatable bonds is 4. The fraction of sp³-hybridized carbons (Fsp3) is 0.143. The van der Waals surface area contributed by atoms with Crippen molar-refractivity contribution in [2.45, 2.75) is 11.4 Å². The summed E-state index contributed by atoms with van der Waals surface area (Å²) in [4.78, 5) is 1.22. The van der Waals surface area contributed by atoms with Gasteiger partial charge >= 0.3 is 0 Å². The molecule has 0 bridgehead atoms. The second-order valence-electron chi connectivity index (χ2n) is 3.67. The Balaban J connectivity index is 2.00. The molecule has 0 atom stereocenters. The third kappa shape index (κ3) is 3.24. The van der Waals surface area contributed by atoms with Crippen LogP contribution >= 0.6 is 11.8 Å². The molecule has 0 aliphatic rings. The fourth-order valence-electron chi connectivity index (χ4n) is 1.55. The summed E-state index contributed by atoms with van der Waals surface area (Å²) >= 11 is 1.71. The van der Waals surface area contributed by atoms with Gasteiger partial charge in [0.1, 0.15) is 5.82 Å². The molecule has 0 spiro atoms. The zero-order valence-electron chi connectivity index (χ0n) is 9.61. The minimum Gasteiger partial charge on any atom is -0.381 e. The van der Waals surface area contributed by atoms with E-state index in [2.05, 4.69) is 5.32 Å². The van der Waals surface area contributed by atoms with Gasteiger partial charge < -0.3 is 5.32 Å². The summed E-state index contributed by atoms with van der Waals surface area (Å²) in [5.41, 5.74) is 1.69. The highest BCUT2D eigenvalue weighted by atomic mass is 32.2. The molecule has 3 heteroatoms. The Morgan fingerprint density at radius 1 is 1.06 bits per heavy atom. The first-order chi connectivity index (χ1) is 8.29. The first kappa shape index (κ1) is 12.0. The van der Waals surface area contributed by atoms with E-state index in [1.165, 1.54) is 11.0 Å². The normalized spacial score (nSPS) is 10.2. The summed E-state index contributed by atoms with van der Waals surface area (Å²) in [6, 6.07) is 14.9. The Morgan fingerprint density at radius 3 is 2.41 bits per heavy atom. The average molecular weight is 247 g/mol. The highest BCUT2D eigenvalue weighted by Crippen LogP contribution is 2.18. The Bertz CT molecular complexity index is 482. The molecule has 17 heavy (non-hydrogen) atoms. The largest absolute Gasteiger partial charge is 0.381 e. The predicted molar refractivity (Wildman–Crippen MR) is 71.9 cm³/mol. The SMILES string of the molecule is CSc1ccc(NCc2ccccc2F)cc1. The maximum atomic E-state index is 13.4. The van der Waals surface area contributed by atoms with E-state index >= 15 is 0 Å². The van der Waals surface area contributed by atoms with Gasteiger partial charge in [-0.25, -0.2) is 4.39 Å². The van der Waals surface area contributed by atoms with E-state index in [-0.39, 0.29) is 5.82 Å². The molecule has 0 fully saturated rings. The van der Waals surface area contributed by atoms with Gasteiger partial charge in [0.2, 0.25) is 0 Å². The van der Waals surface area contributed by atoms with E-state index in [1.54, 1.807) is 23.9 Å². The van der Waals surface area contributed by atoms with Crippen molar-refractivity contribution < 1.29 is 4.39 Å². The highest BCUT2D eigenvalue weighted by molar-refractivity contribution is 7.98. The van der Waals surface area contributed by atoms with Crippen LogP contribution in [0, 0.1) is 5.82 Å². The van der Waals surface area contributed by atoms with Crippen molar-refractivity contribution in [3.63, 3.8) is 0 Å². The van der Waals surface area contributed by atoms with Crippen molar-refractivity contribution in [2.75, 3.05) is 11.6 Å². The molecule has 1 nitrogen and oxygen atoms in total.